The maximum Gasteiger partial charge on any atom is 0.161 e. The molecule has 0 spiro atoms. The number of carbonyl (C=O) groups is 1. The van der Waals surface area contributed by atoms with Crippen molar-refractivity contribution in [3.05, 3.63) is 23.8 Å². The van der Waals surface area contributed by atoms with E-state index in [0.717, 1.165) is 23.5 Å². The van der Waals surface area contributed by atoms with Gasteiger partial charge in [-0.1, -0.05) is 25.8 Å². The number of hydrogen-bond acceptors (Lipinski definition) is 3. The molecule has 19 heavy (non-hydrogen) atoms. The summed E-state index contributed by atoms with van der Waals surface area (Å²) in [5.74, 6) is 1.65. The minimum Gasteiger partial charge on any atom is -0.490 e. The molecule has 3 nitrogen and oxygen atoms in total. The first-order valence-electron chi connectivity index (χ1n) is 7.05. The van der Waals surface area contributed by atoms with E-state index in [0.29, 0.717) is 19.6 Å². The summed E-state index contributed by atoms with van der Waals surface area (Å²) in [5.41, 5.74) is 0.969. The predicted octanol–water partition coefficient (Wildman–Crippen LogP) is 3.79. The Hall–Kier alpha value is -1.51. The van der Waals surface area contributed by atoms with E-state index < -0.39 is 0 Å². The Balaban J connectivity index is 2.70. The van der Waals surface area contributed by atoms with Crippen molar-refractivity contribution < 1.29 is 14.3 Å². The topological polar surface area (TPSA) is 35.5 Å². The Kier molecular flexibility index (Phi) is 7.01. The number of unbranched alkanes of at least 4 members (excludes halogenated alkanes) is 2. The summed E-state index contributed by atoms with van der Waals surface area (Å²) < 4.78 is 11.3. The predicted molar refractivity (Wildman–Crippen MR) is 77.0 cm³/mol. The maximum absolute atomic E-state index is 11.1. The zero-order chi connectivity index (χ0) is 14.1. The fourth-order valence-corrected chi connectivity index (χ4v) is 1.87. The van der Waals surface area contributed by atoms with Crippen LogP contribution in [0.2, 0.25) is 0 Å². The molecule has 0 aliphatic carbocycles. The zero-order valence-electron chi connectivity index (χ0n) is 12.2. The molecular formula is C16H24O3. The van der Waals surface area contributed by atoms with Crippen molar-refractivity contribution in [2.24, 2.45) is 0 Å². The third-order valence-corrected chi connectivity index (χ3v) is 2.77. The number of benzene rings is 1. The standard InChI is InChI=1S/C16H24O3/c1-4-6-7-10-19-15-9-8-14(11-13(3)17)12-16(15)18-5-2/h8-9,12H,4-7,10-11H2,1-3H3. The van der Waals surface area contributed by atoms with Crippen molar-refractivity contribution >= 4 is 5.78 Å². The molecule has 0 unspecified atom stereocenters. The molecule has 0 aliphatic heterocycles. The Morgan fingerprint density at radius 3 is 2.53 bits per heavy atom. The number of Topliss-reactive ketones (excluding diaryl/α,β-unsaturated/α-hetero) is 1. The first kappa shape index (κ1) is 15.5. The number of ether oxygens (including phenoxy) is 2. The summed E-state index contributed by atoms with van der Waals surface area (Å²) >= 11 is 0. The Morgan fingerprint density at radius 1 is 1.11 bits per heavy atom. The second-order valence-electron chi connectivity index (χ2n) is 4.65. The van der Waals surface area contributed by atoms with Crippen molar-refractivity contribution in [1.82, 2.24) is 0 Å². The van der Waals surface area contributed by atoms with Gasteiger partial charge in [0.1, 0.15) is 5.78 Å². The summed E-state index contributed by atoms with van der Waals surface area (Å²) in [4.78, 5) is 11.1. The second kappa shape index (κ2) is 8.57. The van der Waals surface area contributed by atoms with Crippen molar-refractivity contribution in [2.75, 3.05) is 13.2 Å². The zero-order valence-corrected chi connectivity index (χ0v) is 12.2. The van der Waals surface area contributed by atoms with Gasteiger partial charge in [0.15, 0.2) is 11.5 Å². The van der Waals surface area contributed by atoms with Crippen LogP contribution >= 0.6 is 0 Å². The van der Waals surface area contributed by atoms with Crippen LogP contribution in [-0.4, -0.2) is 19.0 Å². The molecule has 0 saturated carbocycles. The highest BCUT2D eigenvalue weighted by Crippen LogP contribution is 2.29. The van der Waals surface area contributed by atoms with Crippen molar-refractivity contribution in [2.45, 2.75) is 46.5 Å². The van der Waals surface area contributed by atoms with Gasteiger partial charge >= 0.3 is 0 Å². The SMILES string of the molecule is CCCCCOc1ccc(CC(C)=O)cc1OCC. The number of ketones is 1. The molecule has 106 valence electrons. The molecule has 0 bridgehead atoms. The van der Waals surface area contributed by atoms with Crippen LogP contribution in [0.25, 0.3) is 0 Å². The first-order valence-corrected chi connectivity index (χ1v) is 7.05. The van der Waals surface area contributed by atoms with Crippen LogP contribution in [0, 0.1) is 0 Å². The van der Waals surface area contributed by atoms with E-state index >= 15 is 0 Å². The lowest BCUT2D eigenvalue weighted by Gasteiger charge is -2.13. The van der Waals surface area contributed by atoms with E-state index in [1.54, 1.807) is 6.92 Å². The summed E-state index contributed by atoms with van der Waals surface area (Å²) in [6, 6.07) is 5.73. The van der Waals surface area contributed by atoms with Crippen LogP contribution in [0.15, 0.2) is 18.2 Å². The third-order valence-electron chi connectivity index (χ3n) is 2.77. The van der Waals surface area contributed by atoms with E-state index in [9.17, 15) is 4.79 Å². The molecule has 0 saturated heterocycles. The molecule has 0 amide bonds. The van der Waals surface area contributed by atoms with Gasteiger partial charge < -0.3 is 9.47 Å². The van der Waals surface area contributed by atoms with Crippen LogP contribution in [0.4, 0.5) is 0 Å². The lowest BCUT2D eigenvalue weighted by atomic mass is 10.1. The van der Waals surface area contributed by atoms with Gasteiger partial charge in [0, 0.05) is 6.42 Å². The summed E-state index contributed by atoms with van der Waals surface area (Å²) in [7, 11) is 0. The van der Waals surface area contributed by atoms with Crippen molar-refractivity contribution in [1.29, 1.82) is 0 Å². The van der Waals surface area contributed by atoms with Crippen molar-refractivity contribution in [3.63, 3.8) is 0 Å². The molecule has 1 rings (SSSR count). The highest BCUT2D eigenvalue weighted by atomic mass is 16.5. The maximum atomic E-state index is 11.1. The fourth-order valence-electron chi connectivity index (χ4n) is 1.87. The van der Waals surface area contributed by atoms with Gasteiger partial charge in [0.05, 0.1) is 13.2 Å². The van der Waals surface area contributed by atoms with Gasteiger partial charge in [-0.25, -0.2) is 0 Å². The average molecular weight is 264 g/mol. The molecule has 0 heterocycles. The van der Waals surface area contributed by atoms with Gasteiger partial charge in [0.25, 0.3) is 0 Å². The summed E-state index contributed by atoms with van der Waals surface area (Å²) in [6.45, 7) is 7.00. The van der Waals surface area contributed by atoms with Crippen LogP contribution in [0.1, 0.15) is 45.6 Å². The number of hydrogen-bond donors (Lipinski definition) is 0. The van der Waals surface area contributed by atoms with Crippen molar-refractivity contribution in [3.8, 4) is 11.5 Å². The first-order chi connectivity index (χ1) is 9.17. The Labute approximate surface area is 115 Å². The highest BCUT2D eigenvalue weighted by molar-refractivity contribution is 5.78. The van der Waals surface area contributed by atoms with Crippen LogP contribution in [0.5, 0.6) is 11.5 Å². The highest BCUT2D eigenvalue weighted by Gasteiger charge is 2.07. The molecular weight excluding hydrogens is 240 g/mol. The molecule has 3 heteroatoms. The second-order valence-corrected chi connectivity index (χ2v) is 4.65. The van der Waals surface area contributed by atoms with Gasteiger partial charge in [-0.3, -0.25) is 4.79 Å². The van der Waals surface area contributed by atoms with E-state index in [4.69, 9.17) is 9.47 Å². The number of carbonyl (C=O) groups excluding carboxylic acids is 1. The van der Waals surface area contributed by atoms with Crippen LogP contribution in [0.3, 0.4) is 0 Å². The largest absolute Gasteiger partial charge is 0.490 e. The van der Waals surface area contributed by atoms with E-state index in [1.165, 1.54) is 12.8 Å². The fraction of sp³-hybridized carbons (Fsp3) is 0.562. The molecule has 0 fully saturated rings. The smallest absolute Gasteiger partial charge is 0.161 e. The normalized spacial score (nSPS) is 10.3. The quantitative estimate of drug-likeness (QED) is 0.637. The molecule has 1 aromatic carbocycles. The Bertz CT molecular complexity index is 399. The lowest BCUT2D eigenvalue weighted by Crippen LogP contribution is -2.03. The van der Waals surface area contributed by atoms with E-state index in [1.807, 2.05) is 25.1 Å². The molecule has 1 aromatic rings. The van der Waals surface area contributed by atoms with Gasteiger partial charge in [0.2, 0.25) is 0 Å². The minimum absolute atomic E-state index is 0.152. The molecule has 0 radical (unpaired) electrons. The summed E-state index contributed by atoms with van der Waals surface area (Å²) in [6.07, 6.45) is 3.85. The van der Waals surface area contributed by atoms with Gasteiger partial charge in [-0.05, 0) is 38.0 Å². The number of rotatable bonds is 9. The Morgan fingerprint density at radius 2 is 1.89 bits per heavy atom. The average Bonchev–Trinajstić information content (AvgIpc) is 2.36. The monoisotopic (exact) mass is 264 g/mol. The third kappa shape index (κ3) is 5.77. The molecule has 0 aliphatic rings. The minimum atomic E-state index is 0.152. The van der Waals surface area contributed by atoms with Crippen LogP contribution < -0.4 is 9.47 Å². The molecule has 0 N–H and O–H groups in total. The van der Waals surface area contributed by atoms with Gasteiger partial charge in [-0.2, -0.15) is 0 Å². The summed E-state index contributed by atoms with van der Waals surface area (Å²) in [5, 5.41) is 0. The van der Waals surface area contributed by atoms with Crippen LogP contribution in [-0.2, 0) is 11.2 Å². The van der Waals surface area contributed by atoms with E-state index in [2.05, 4.69) is 6.92 Å². The van der Waals surface area contributed by atoms with Gasteiger partial charge in [-0.15, -0.1) is 0 Å². The molecule has 0 atom stereocenters. The van der Waals surface area contributed by atoms with E-state index in [-0.39, 0.29) is 5.78 Å². The lowest BCUT2D eigenvalue weighted by molar-refractivity contribution is -0.116. The molecule has 0 aromatic heterocycles.